The molecule has 0 amide bonds. The third-order valence-corrected chi connectivity index (χ3v) is 3.31. The number of piperidine rings is 1. The van der Waals surface area contributed by atoms with Crippen LogP contribution >= 0.6 is 0 Å². The van der Waals surface area contributed by atoms with Gasteiger partial charge in [-0.1, -0.05) is 13.8 Å². The van der Waals surface area contributed by atoms with E-state index in [0.29, 0.717) is 0 Å². The molecule has 0 saturated carbocycles. The van der Waals surface area contributed by atoms with Crippen LogP contribution in [0.3, 0.4) is 0 Å². The quantitative estimate of drug-likeness (QED) is 0.871. The van der Waals surface area contributed by atoms with Crippen LogP contribution in [-0.2, 0) is 6.42 Å². The van der Waals surface area contributed by atoms with Crippen molar-refractivity contribution >= 4 is 11.6 Å². The van der Waals surface area contributed by atoms with E-state index >= 15 is 0 Å². The number of nitrogens with one attached hydrogen (secondary N) is 1. The van der Waals surface area contributed by atoms with Gasteiger partial charge in [-0.25, -0.2) is 9.97 Å². The molecule has 17 heavy (non-hydrogen) atoms. The molecule has 0 aromatic carbocycles. The first-order chi connectivity index (χ1) is 8.22. The topological polar surface area (TPSA) is 41.1 Å². The highest BCUT2D eigenvalue weighted by Crippen LogP contribution is 2.23. The summed E-state index contributed by atoms with van der Waals surface area (Å²) >= 11 is 0. The first-order valence-corrected chi connectivity index (χ1v) is 6.53. The summed E-state index contributed by atoms with van der Waals surface area (Å²) in [6.07, 6.45) is 3.48. The van der Waals surface area contributed by atoms with Gasteiger partial charge in [0.2, 0.25) is 0 Å². The summed E-state index contributed by atoms with van der Waals surface area (Å²) in [6.45, 7) is 6.64. The Kier molecular flexibility index (Phi) is 3.82. The van der Waals surface area contributed by atoms with E-state index in [1.54, 1.807) is 0 Å². The van der Waals surface area contributed by atoms with Gasteiger partial charge in [0.25, 0.3) is 0 Å². The maximum absolute atomic E-state index is 4.63. The summed E-state index contributed by atoms with van der Waals surface area (Å²) in [4.78, 5) is 11.5. The van der Waals surface area contributed by atoms with E-state index < -0.39 is 0 Å². The Labute approximate surface area is 103 Å². The summed E-state index contributed by atoms with van der Waals surface area (Å²) in [5.74, 6) is 3.68. The van der Waals surface area contributed by atoms with Crippen molar-refractivity contribution in [2.24, 2.45) is 5.92 Å². The Balaban J connectivity index is 2.23. The van der Waals surface area contributed by atoms with E-state index in [0.717, 1.165) is 42.9 Å². The van der Waals surface area contributed by atoms with Gasteiger partial charge in [-0.05, 0) is 18.8 Å². The Morgan fingerprint density at radius 2 is 2.29 bits per heavy atom. The van der Waals surface area contributed by atoms with Gasteiger partial charge in [-0.3, -0.25) is 0 Å². The van der Waals surface area contributed by atoms with Gasteiger partial charge in [0.05, 0.1) is 0 Å². The SMILES string of the molecule is CCc1nc(NC)cc(N2CCCC(C)C2)n1. The van der Waals surface area contributed by atoms with Crippen molar-refractivity contribution in [3.05, 3.63) is 11.9 Å². The second kappa shape index (κ2) is 5.34. The molecule has 1 aromatic rings. The van der Waals surface area contributed by atoms with Crippen molar-refractivity contribution in [1.29, 1.82) is 0 Å². The number of hydrogen-bond donors (Lipinski definition) is 1. The largest absolute Gasteiger partial charge is 0.373 e. The molecule has 2 heterocycles. The lowest BCUT2D eigenvalue weighted by atomic mass is 10.0. The fourth-order valence-electron chi connectivity index (χ4n) is 2.33. The Morgan fingerprint density at radius 3 is 2.94 bits per heavy atom. The molecule has 1 aliphatic rings. The first kappa shape index (κ1) is 12.1. The van der Waals surface area contributed by atoms with Crippen molar-refractivity contribution in [1.82, 2.24) is 9.97 Å². The van der Waals surface area contributed by atoms with Crippen molar-refractivity contribution < 1.29 is 0 Å². The van der Waals surface area contributed by atoms with Crippen molar-refractivity contribution in [3.63, 3.8) is 0 Å². The summed E-state index contributed by atoms with van der Waals surface area (Å²) in [5, 5.41) is 3.11. The zero-order valence-corrected chi connectivity index (χ0v) is 11.0. The van der Waals surface area contributed by atoms with Gasteiger partial charge in [-0.15, -0.1) is 0 Å². The smallest absolute Gasteiger partial charge is 0.134 e. The third-order valence-electron chi connectivity index (χ3n) is 3.31. The minimum absolute atomic E-state index is 0.766. The van der Waals surface area contributed by atoms with Crippen LogP contribution in [0.5, 0.6) is 0 Å². The molecule has 0 spiro atoms. The van der Waals surface area contributed by atoms with Gasteiger partial charge in [-0.2, -0.15) is 0 Å². The standard InChI is InChI=1S/C13H22N4/c1-4-11-15-12(14-3)8-13(16-11)17-7-5-6-10(2)9-17/h8,10H,4-7,9H2,1-3H3,(H,14,15,16). The number of aryl methyl sites for hydroxylation is 1. The Hall–Kier alpha value is -1.32. The molecule has 4 nitrogen and oxygen atoms in total. The van der Waals surface area contributed by atoms with E-state index in [2.05, 4.69) is 40.1 Å². The molecule has 1 atom stereocenters. The van der Waals surface area contributed by atoms with Crippen LogP contribution in [0.4, 0.5) is 11.6 Å². The molecule has 94 valence electrons. The highest BCUT2D eigenvalue weighted by molar-refractivity contribution is 5.49. The first-order valence-electron chi connectivity index (χ1n) is 6.53. The van der Waals surface area contributed by atoms with Crippen molar-refractivity contribution in [2.45, 2.75) is 33.1 Å². The summed E-state index contributed by atoms with van der Waals surface area (Å²) < 4.78 is 0. The highest BCUT2D eigenvalue weighted by atomic mass is 15.2. The normalized spacial score (nSPS) is 20.4. The molecule has 1 aromatic heterocycles. The van der Waals surface area contributed by atoms with Crippen LogP contribution < -0.4 is 10.2 Å². The Bertz CT molecular complexity index is 355. The van der Waals surface area contributed by atoms with Crippen LogP contribution in [0.25, 0.3) is 0 Å². The van der Waals surface area contributed by atoms with Crippen LogP contribution in [0.1, 0.15) is 32.5 Å². The van der Waals surface area contributed by atoms with Crippen LogP contribution in [0.2, 0.25) is 0 Å². The zero-order valence-electron chi connectivity index (χ0n) is 11.0. The molecule has 1 N–H and O–H groups in total. The molecular weight excluding hydrogens is 212 g/mol. The molecule has 0 aliphatic carbocycles. The fourth-order valence-corrected chi connectivity index (χ4v) is 2.33. The van der Waals surface area contributed by atoms with Gasteiger partial charge >= 0.3 is 0 Å². The number of anilines is 2. The summed E-state index contributed by atoms with van der Waals surface area (Å²) in [6, 6.07) is 2.05. The molecule has 1 aliphatic heterocycles. The molecule has 1 unspecified atom stereocenters. The second-order valence-corrected chi connectivity index (χ2v) is 4.82. The molecule has 1 saturated heterocycles. The predicted molar refractivity (Wildman–Crippen MR) is 71.6 cm³/mol. The highest BCUT2D eigenvalue weighted by Gasteiger charge is 2.18. The Morgan fingerprint density at radius 1 is 1.47 bits per heavy atom. The summed E-state index contributed by atoms with van der Waals surface area (Å²) in [7, 11) is 1.91. The van der Waals surface area contributed by atoms with Crippen LogP contribution in [-0.4, -0.2) is 30.1 Å². The average molecular weight is 234 g/mol. The molecule has 4 heteroatoms. The lowest BCUT2D eigenvalue weighted by Crippen LogP contribution is -2.35. The lowest BCUT2D eigenvalue weighted by molar-refractivity contribution is 0.444. The van der Waals surface area contributed by atoms with Crippen molar-refractivity contribution in [2.75, 3.05) is 30.4 Å². The van der Waals surface area contributed by atoms with Gasteiger partial charge in [0, 0.05) is 32.6 Å². The number of aromatic nitrogens is 2. The summed E-state index contributed by atoms with van der Waals surface area (Å²) in [5.41, 5.74) is 0. The van der Waals surface area contributed by atoms with E-state index in [4.69, 9.17) is 0 Å². The minimum atomic E-state index is 0.766. The van der Waals surface area contributed by atoms with E-state index in [1.807, 2.05) is 7.05 Å². The number of nitrogens with zero attached hydrogens (tertiary/aromatic N) is 3. The monoisotopic (exact) mass is 234 g/mol. The van der Waals surface area contributed by atoms with E-state index in [1.165, 1.54) is 12.8 Å². The molecule has 0 radical (unpaired) electrons. The van der Waals surface area contributed by atoms with Crippen LogP contribution in [0.15, 0.2) is 6.07 Å². The third kappa shape index (κ3) is 2.87. The lowest BCUT2D eigenvalue weighted by Gasteiger charge is -2.32. The van der Waals surface area contributed by atoms with Gasteiger partial charge in [0.1, 0.15) is 17.5 Å². The fraction of sp³-hybridized carbons (Fsp3) is 0.692. The predicted octanol–water partition coefficient (Wildman–Crippen LogP) is 2.32. The molecule has 1 fully saturated rings. The van der Waals surface area contributed by atoms with E-state index in [-0.39, 0.29) is 0 Å². The average Bonchev–Trinajstić information content (AvgIpc) is 2.38. The molecule has 2 rings (SSSR count). The maximum Gasteiger partial charge on any atom is 0.134 e. The molecular formula is C13H22N4. The number of rotatable bonds is 3. The maximum atomic E-state index is 4.63. The van der Waals surface area contributed by atoms with Gasteiger partial charge < -0.3 is 10.2 Å². The zero-order chi connectivity index (χ0) is 12.3. The second-order valence-electron chi connectivity index (χ2n) is 4.82. The van der Waals surface area contributed by atoms with Gasteiger partial charge in [0.15, 0.2) is 0 Å². The number of hydrogen-bond acceptors (Lipinski definition) is 4. The van der Waals surface area contributed by atoms with Crippen molar-refractivity contribution in [3.8, 4) is 0 Å². The minimum Gasteiger partial charge on any atom is -0.373 e. The van der Waals surface area contributed by atoms with E-state index in [9.17, 15) is 0 Å². The van der Waals surface area contributed by atoms with Crippen LogP contribution in [0, 0.1) is 5.92 Å². The molecule has 0 bridgehead atoms.